The van der Waals surface area contributed by atoms with Crippen LogP contribution in [-0.2, 0) is 22.4 Å². The van der Waals surface area contributed by atoms with E-state index < -0.39 is 12.1 Å². The zero-order valence-corrected chi connectivity index (χ0v) is 21.7. The average molecular weight is 509 g/mol. The number of aliphatic carboxylic acids is 1. The first kappa shape index (κ1) is 27.1. The largest absolute Gasteiger partial charge is 0.481 e. The molecule has 8 heteroatoms. The SMILES string of the molecule is CCC(OC[C@H](O)CNCN1CCC[C@H]1Cc1ccc(C)c(Cl)c1)c1sccc1CCC(=O)O. The molecule has 0 bridgehead atoms. The van der Waals surface area contributed by atoms with Crippen molar-refractivity contribution in [2.24, 2.45) is 0 Å². The summed E-state index contributed by atoms with van der Waals surface area (Å²) in [7, 11) is 0. The number of benzene rings is 1. The second-order valence-corrected chi connectivity index (χ2v) is 10.5. The number of hydrogen-bond donors (Lipinski definition) is 3. The number of aliphatic hydroxyl groups excluding tert-OH is 1. The fourth-order valence-electron chi connectivity index (χ4n) is 4.49. The van der Waals surface area contributed by atoms with Crippen molar-refractivity contribution >= 4 is 28.9 Å². The van der Waals surface area contributed by atoms with Crippen molar-refractivity contribution in [3.05, 3.63) is 56.2 Å². The van der Waals surface area contributed by atoms with E-state index in [2.05, 4.69) is 28.4 Å². The van der Waals surface area contributed by atoms with E-state index in [4.69, 9.17) is 21.4 Å². The number of aliphatic hydroxyl groups is 1. The Kier molecular flexibility index (Phi) is 10.8. The van der Waals surface area contributed by atoms with Gasteiger partial charge in [0.1, 0.15) is 0 Å². The van der Waals surface area contributed by atoms with Crippen molar-refractivity contribution in [2.45, 2.75) is 70.6 Å². The van der Waals surface area contributed by atoms with E-state index in [0.29, 0.717) is 19.0 Å². The fourth-order valence-corrected chi connectivity index (χ4v) is 5.78. The van der Waals surface area contributed by atoms with Crippen molar-refractivity contribution < 1.29 is 19.7 Å². The maximum atomic E-state index is 10.9. The smallest absolute Gasteiger partial charge is 0.303 e. The summed E-state index contributed by atoms with van der Waals surface area (Å²) in [5, 5.41) is 25.6. The lowest BCUT2D eigenvalue weighted by atomic mass is 10.0. The summed E-state index contributed by atoms with van der Waals surface area (Å²) in [5.74, 6) is -0.796. The van der Waals surface area contributed by atoms with Gasteiger partial charge in [0.25, 0.3) is 0 Å². The number of hydrogen-bond acceptors (Lipinski definition) is 6. The summed E-state index contributed by atoms with van der Waals surface area (Å²) in [6, 6.07) is 8.78. The molecule has 2 aromatic rings. The summed E-state index contributed by atoms with van der Waals surface area (Å²) in [6.45, 7) is 6.57. The Labute approximate surface area is 211 Å². The Morgan fingerprint density at radius 2 is 2.21 bits per heavy atom. The minimum Gasteiger partial charge on any atom is -0.481 e. The quantitative estimate of drug-likeness (QED) is 0.340. The van der Waals surface area contributed by atoms with E-state index in [1.807, 2.05) is 25.3 Å². The molecule has 1 fully saturated rings. The number of carbonyl (C=O) groups is 1. The second-order valence-electron chi connectivity index (χ2n) is 9.10. The van der Waals surface area contributed by atoms with E-state index in [9.17, 15) is 9.90 Å². The molecular weight excluding hydrogens is 472 g/mol. The summed E-state index contributed by atoms with van der Waals surface area (Å²) in [6.07, 6.45) is 4.00. The Bertz CT molecular complexity index is 922. The lowest BCUT2D eigenvalue weighted by Crippen LogP contribution is -2.42. The van der Waals surface area contributed by atoms with Crippen molar-refractivity contribution in [2.75, 3.05) is 26.4 Å². The summed E-state index contributed by atoms with van der Waals surface area (Å²) < 4.78 is 6.04. The molecule has 0 amide bonds. The van der Waals surface area contributed by atoms with Crippen LogP contribution in [0.3, 0.4) is 0 Å². The van der Waals surface area contributed by atoms with Crippen LogP contribution in [0, 0.1) is 6.92 Å². The third kappa shape index (κ3) is 8.04. The van der Waals surface area contributed by atoms with Crippen LogP contribution >= 0.6 is 22.9 Å². The first-order valence-electron chi connectivity index (χ1n) is 12.1. The number of likely N-dealkylation sites (tertiary alicyclic amines) is 1. The van der Waals surface area contributed by atoms with Crippen molar-refractivity contribution in [3.8, 4) is 0 Å². The summed E-state index contributed by atoms with van der Waals surface area (Å²) in [4.78, 5) is 14.4. The van der Waals surface area contributed by atoms with E-state index in [-0.39, 0.29) is 19.1 Å². The van der Waals surface area contributed by atoms with Gasteiger partial charge in [-0.15, -0.1) is 11.3 Å². The maximum Gasteiger partial charge on any atom is 0.303 e. The molecule has 3 rings (SSSR count). The third-order valence-electron chi connectivity index (χ3n) is 6.44. The molecule has 3 N–H and O–H groups in total. The molecule has 1 saturated heterocycles. The third-order valence-corrected chi connectivity index (χ3v) is 7.90. The molecule has 1 aliphatic rings. The van der Waals surface area contributed by atoms with Crippen LogP contribution in [0.25, 0.3) is 0 Å². The number of rotatable bonds is 14. The minimum absolute atomic E-state index is 0.112. The maximum absolute atomic E-state index is 10.9. The second kappa shape index (κ2) is 13.6. The molecule has 1 aromatic heterocycles. The Hall–Kier alpha value is -1.48. The highest BCUT2D eigenvalue weighted by Gasteiger charge is 2.25. The minimum atomic E-state index is -0.796. The van der Waals surface area contributed by atoms with Crippen molar-refractivity contribution in [1.82, 2.24) is 10.2 Å². The van der Waals surface area contributed by atoms with E-state index >= 15 is 0 Å². The first-order chi connectivity index (χ1) is 16.4. The van der Waals surface area contributed by atoms with Gasteiger partial charge in [0.15, 0.2) is 0 Å². The van der Waals surface area contributed by atoms with Crippen molar-refractivity contribution in [1.29, 1.82) is 0 Å². The predicted octanol–water partition coefficient (Wildman–Crippen LogP) is 4.81. The van der Waals surface area contributed by atoms with E-state index in [0.717, 1.165) is 47.1 Å². The molecule has 1 aromatic carbocycles. The predicted molar refractivity (Wildman–Crippen MR) is 138 cm³/mol. The van der Waals surface area contributed by atoms with Gasteiger partial charge in [-0.3, -0.25) is 9.69 Å². The molecule has 1 aliphatic heterocycles. The molecule has 188 valence electrons. The van der Waals surface area contributed by atoms with E-state index in [1.54, 1.807) is 11.3 Å². The van der Waals surface area contributed by atoms with Crippen LogP contribution in [0.15, 0.2) is 29.6 Å². The molecule has 1 unspecified atom stereocenters. The van der Waals surface area contributed by atoms with Crippen LogP contribution in [0.1, 0.15) is 60.3 Å². The number of halogens is 1. The van der Waals surface area contributed by atoms with Crippen LogP contribution in [0.4, 0.5) is 0 Å². The molecule has 0 saturated carbocycles. The van der Waals surface area contributed by atoms with Gasteiger partial charge < -0.3 is 20.3 Å². The van der Waals surface area contributed by atoms with Gasteiger partial charge in [0.05, 0.1) is 18.8 Å². The number of aryl methyl sites for hydroxylation is 2. The van der Waals surface area contributed by atoms with Gasteiger partial charge in [-0.05, 0) is 79.8 Å². The van der Waals surface area contributed by atoms with Gasteiger partial charge in [-0.2, -0.15) is 0 Å². The number of nitrogens with one attached hydrogen (secondary N) is 1. The van der Waals surface area contributed by atoms with Crippen LogP contribution in [-0.4, -0.2) is 59.6 Å². The Morgan fingerprint density at radius 1 is 1.38 bits per heavy atom. The van der Waals surface area contributed by atoms with E-state index in [1.165, 1.54) is 18.4 Å². The van der Waals surface area contributed by atoms with Gasteiger partial charge in [0.2, 0.25) is 0 Å². The lowest BCUT2D eigenvalue weighted by molar-refractivity contribution is -0.136. The summed E-state index contributed by atoms with van der Waals surface area (Å²) >= 11 is 7.89. The molecule has 0 radical (unpaired) electrons. The molecule has 0 spiro atoms. The van der Waals surface area contributed by atoms with Gasteiger partial charge in [0, 0.05) is 35.6 Å². The standard InChI is InChI=1S/C26H37ClN2O4S/c1-3-24(26-20(10-12-34-26)8-9-25(31)32)33-16-22(30)15-28-17-29-11-4-5-21(29)13-19-7-6-18(2)23(27)14-19/h6-7,10,12,14,21-22,24,28,30H,3-5,8-9,11,13,15-17H2,1-2H3,(H,31,32)/t21-,22+,24?/m0/s1. The molecule has 34 heavy (non-hydrogen) atoms. The molecular formula is C26H37ClN2O4S. The topological polar surface area (TPSA) is 82.0 Å². The fraction of sp³-hybridized carbons (Fsp3) is 0.577. The number of ether oxygens (including phenoxy) is 1. The van der Waals surface area contributed by atoms with Crippen LogP contribution in [0.5, 0.6) is 0 Å². The molecule has 6 nitrogen and oxygen atoms in total. The van der Waals surface area contributed by atoms with Gasteiger partial charge in [-0.1, -0.05) is 30.7 Å². The highest BCUT2D eigenvalue weighted by molar-refractivity contribution is 7.10. The lowest BCUT2D eigenvalue weighted by Gasteiger charge is -2.26. The average Bonchev–Trinajstić information content (AvgIpc) is 3.45. The number of nitrogens with zero attached hydrogens (tertiary/aromatic N) is 1. The van der Waals surface area contributed by atoms with Gasteiger partial charge in [-0.25, -0.2) is 0 Å². The Balaban J connectivity index is 1.41. The molecule has 0 aliphatic carbocycles. The Morgan fingerprint density at radius 3 is 2.94 bits per heavy atom. The first-order valence-corrected chi connectivity index (χ1v) is 13.4. The van der Waals surface area contributed by atoms with Crippen LogP contribution < -0.4 is 5.32 Å². The normalized spacial score (nSPS) is 18.3. The number of thiophene rings is 1. The highest BCUT2D eigenvalue weighted by Crippen LogP contribution is 2.31. The molecule has 3 atom stereocenters. The zero-order chi connectivity index (χ0) is 24.5. The highest BCUT2D eigenvalue weighted by atomic mass is 35.5. The monoisotopic (exact) mass is 508 g/mol. The number of carboxylic acids is 1. The number of carboxylic acid groups (broad SMARTS) is 1. The van der Waals surface area contributed by atoms with Gasteiger partial charge >= 0.3 is 5.97 Å². The molecule has 2 heterocycles. The zero-order valence-electron chi connectivity index (χ0n) is 20.1. The van der Waals surface area contributed by atoms with Crippen LogP contribution in [0.2, 0.25) is 5.02 Å². The summed E-state index contributed by atoms with van der Waals surface area (Å²) in [5.41, 5.74) is 3.40. The van der Waals surface area contributed by atoms with Crippen molar-refractivity contribution in [3.63, 3.8) is 0 Å².